The fraction of sp³-hybridized carbons (Fsp3) is 0.833. The molecule has 0 radical (unpaired) electrons. The van der Waals surface area contributed by atoms with Gasteiger partial charge >= 0.3 is 0 Å². The van der Waals surface area contributed by atoms with Crippen LogP contribution in [-0.2, 0) is 4.79 Å². The van der Waals surface area contributed by atoms with E-state index in [9.17, 15) is 10.0 Å². The van der Waals surface area contributed by atoms with Crippen LogP contribution in [0, 0.1) is 5.92 Å². The van der Waals surface area contributed by atoms with Crippen LogP contribution in [0.25, 0.3) is 0 Å². The van der Waals surface area contributed by atoms with Crippen molar-refractivity contribution in [2.75, 3.05) is 0 Å². The molecule has 0 spiro atoms. The summed E-state index contributed by atoms with van der Waals surface area (Å²) < 4.78 is 0. The molecule has 4 N–H and O–H groups in total. The first-order valence-corrected chi connectivity index (χ1v) is 10.0. The Morgan fingerprint density at radius 3 is 2.32 bits per heavy atom. The fourth-order valence-electron chi connectivity index (χ4n) is 3.77. The number of hydrogen-bond donors (Lipinski definition) is 4. The van der Waals surface area contributed by atoms with Gasteiger partial charge < -0.3 is 15.4 Å². The minimum atomic E-state index is -0.371. The number of carbonyl (C=O) groups excluding carboxylic acids is 1. The van der Waals surface area contributed by atoms with E-state index in [1.807, 2.05) is 39.8 Å². The molecule has 0 aromatic rings. The maximum atomic E-state index is 12.3. The van der Waals surface area contributed by atoms with Crippen molar-refractivity contribution in [2.24, 2.45) is 5.92 Å². The van der Waals surface area contributed by atoms with E-state index < -0.39 is 0 Å². The Labute approximate surface area is 154 Å². The standard InChI is InChI=1S/C18H36N3O3P/c1-13(2)10-14(20-25-24)8-7-9-16(22)19-15-11-17(3,4)21(23)18(5,6)12-15/h7-8,13-15,20,23-25H,9-12H2,1-6H3,(H,19,22)/b8-7+/t14-/m1/s1. The van der Waals surface area contributed by atoms with E-state index in [0.717, 1.165) is 6.42 Å². The zero-order valence-corrected chi connectivity index (χ0v) is 17.5. The van der Waals surface area contributed by atoms with Gasteiger partial charge in [0.2, 0.25) is 5.91 Å². The molecule has 1 amide bonds. The molecular weight excluding hydrogens is 337 g/mol. The van der Waals surface area contributed by atoms with Crippen molar-refractivity contribution in [2.45, 2.75) is 90.4 Å². The van der Waals surface area contributed by atoms with E-state index in [-0.39, 0.29) is 38.0 Å². The highest BCUT2D eigenvalue weighted by Gasteiger charge is 2.45. The second-order valence-electron chi connectivity index (χ2n) is 8.73. The van der Waals surface area contributed by atoms with Crippen LogP contribution in [0.15, 0.2) is 12.2 Å². The number of carbonyl (C=O) groups is 1. The number of piperidine rings is 1. The summed E-state index contributed by atoms with van der Waals surface area (Å²) in [5.41, 5.74) is -0.742. The smallest absolute Gasteiger partial charge is 0.224 e. The number of nitrogens with one attached hydrogen (secondary N) is 2. The molecule has 1 aliphatic rings. The van der Waals surface area contributed by atoms with Gasteiger partial charge in [0.25, 0.3) is 0 Å². The Morgan fingerprint density at radius 2 is 1.84 bits per heavy atom. The van der Waals surface area contributed by atoms with Crippen LogP contribution < -0.4 is 10.4 Å². The molecule has 1 heterocycles. The summed E-state index contributed by atoms with van der Waals surface area (Å²) in [6.45, 7) is 12.2. The van der Waals surface area contributed by atoms with E-state index in [2.05, 4.69) is 24.3 Å². The monoisotopic (exact) mass is 373 g/mol. The summed E-state index contributed by atoms with van der Waals surface area (Å²) in [5, 5.41) is 17.9. The summed E-state index contributed by atoms with van der Waals surface area (Å²) in [6, 6.07) is 0.143. The lowest BCUT2D eigenvalue weighted by molar-refractivity contribution is -0.246. The molecule has 1 rings (SSSR count). The van der Waals surface area contributed by atoms with Gasteiger partial charge in [-0.2, -0.15) is 5.06 Å². The van der Waals surface area contributed by atoms with Gasteiger partial charge in [0.1, 0.15) is 0 Å². The lowest BCUT2D eigenvalue weighted by Gasteiger charge is -2.51. The largest absolute Gasteiger partial charge is 0.361 e. The summed E-state index contributed by atoms with van der Waals surface area (Å²) in [6.07, 6.45) is 6.51. The summed E-state index contributed by atoms with van der Waals surface area (Å²) >= 11 is 0. The Bertz CT molecular complexity index is 448. The minimum absolute atomic E-state index is 0.00557. The van der Waals surface area contributed by atoms with E-state index in [4.69, 9.17) is 4.89 Å². The first kappa shape index (κ1) is 22.5. The van der Waals surface area contributed by atoms with E-state index >= 15 is 0 Å². The second-order valence-corrected chi connectivity index (χ2v) is 9.25. The molecule has 0 saturated carbocycles. The number of nitrogens with zero attached hydrogens (tertiary/aromatic N) is 1. The maximum Gasteiger partial charge on any atom is 0.224 e. The third-order valence-electron chi connectivity index (χ3n) is 4.65. The lowest BCUT2D eigenvalue weighted by Crippen LogP contribution is -2.62. The molecule has 2 atom stereocenters. The zero-order valence-electron chi connectivity index (χ0n) is 16.5. The van der Waals surface area contributed by atoms with E-state index in [0.29, 0.717) is 25.2 Å². The van der Waals surface area contributed by atoms with Crippen LogP contribution in [0.4, 0.5) is 0 Å². The fourth-order valence-corrected chi connectivity index (χ4v) is 4.15. The zero-order chi connectivity index (χ0) is 19.3. The molecule has 6 nitrogen and oxygen atoms in total. The third-order valence-corrected chi connectivity index (χ3v) is 5.15. The molecule has 146 valence electrons. The highest BCUT2D eigenvalue weighted by atomic mass is 31.1. The molecular formula is C18H36N3O3P. The van der Waals surface area contributed by atoms with Crippen molar-refractivity contribution in [1.82, 2.24) is 15.5 Å². The van der Waals surface area contributed by atoms with E-state index in [1.165, 1.54) is 5.06 Å². The molecule has 25 heavy (non-hydrogen) atoms. The molecule has 1 fully saturated rings. The summed E-state index contributed by atoms with van der Waals surface area (Å²) in [7, 11) is -0.298. The van der Waals surface area contributed by atoms with Gasteiger partial charge in [-0.3, -0.25) is 9.88 Å². The highest BCUT2D eigenvalue weighted by molar-refractivity contribution is 7.28. The predicted molar refractivity (Wildman–Crippen MR) is 104 cm³/mol. The number of hydrogen-bond acceptors (Lipinski definition) is 5. The first-order valence-electron chi connectivity index (χ1n) is 9.08. The van der Waals surface area contributed by atoms with Gasteiger partial charge in [-0.25, -0.2) is 0 Å². The molecule has 0 aromatic heterocycles. The van der Waals surface area contributed by atoms with Crippen molar-refractivity contribution in [3.63, 3.8) is 0 Å². The first-order chi connectivity index (χ1) is 11.5. The summed E-state index contributed by atoms with van der Waals surface area (Å²) in [5.74, 6) is 0.509. The van der Waals surface area contributed by atoms with Crippen LogP contribution in [-0.4, -0.2) is 44.2 Å². The Kier molecular flexibility index (Phi) is 8.49. The highest BCUT2D eigenvalue weighted by Crippen LogP contribution is 2.36. The van der Waals surface area contributed by atoms with Crippen molar-refractivity contribution in [3.8, 4) is 0 Å². The average Bonchev–Trinajstić information content (AvgIpc) is 2.43. The van der Waals surface area contributed by atoms with Crippen molar-refractivity contribution in [1.29, 1.82) is 0 Å². The maximum absolute atomic E-state index is 12.3. The molecule has 1 unspecified atom stereocenters. The van der Waals surface area contributed by atoms with Crippen molar-refractivity contribution < 1.29 is 14.9 Å². The molecule has 0 aromatic carbocycles. The van der Waals surface area contributed by atoms with Crippen LogP contribution in [0.2, 0.25) is 0 Å². The Hall–Kier alpha value is -0.520. The van der Waals surface area contributed by atoms with Crippen LogP contribution in [0.3, 0.4) is 0 Å². The molecule has 1 saturated heterocycles. The van der Waals surface area contributed by atoms with Crippen LogP contribution in [0.1, 0.15) is 67.2 Å². The SMILES string of the molecule is CC(C)C[C@@H](/C=C/CC(=O)NC1CC(C)(C)N(O)C(C)(C)C1)NPO. The van der Waals surface area contributed by atoms with E-state index in [1.54, 1.807) is 0 Å². The normalized spacial score (nSPS) is 22.9. The van der Waals surface area contributed by atoms with Crippen LogP contribution in [0.5, 0.6) is 0 Å². The second kappa shape index (κ2) is 9.43. The van der Waals surface area contributed by atoms with Gasteiger partial charge in [0, 0.05) is 29.6 Å². The number of hydroxylamine groups is 2. The summed E-state index contributed by atoms with van der Waals surface area (Å²) in [4.78, 5) is 21.3. The van der Waals surface area contributed by atoms with Gasteiger partial charge in [0.05, 0.1) is 8.96 Å². The quantitative estimate of drug-likeness (QED) is 0.388. The predicted octanol–water partition coefficient (Wildman–Crippen LogP) is 2.96. The van der Waals surface area contributed by atoms with Crippen LogP contribution >= 0.6 is 8.96 Å². The third kappa shape index (κ3) is 7.32. The van der Waals surface area contributed by atoms with Gasteiger partial charge in [-0.05, 0) is 52.9 Å². The van der Waals surface area contributed by atoms with Gasteiger partial charge in [-0.1, -0.05) is 26.0 Å². The molecule has 0 bridgehead atoms. The van der Waals surface area contributed by atoms with Crippen molar-refractivity contribution >= 4 is 14.9 Å². The topological polar surface area (TPSA) is 84.8 Å². The number of amides is 1. The van der Waals surface area contributed by atoms with Gasteiger partial charge in [0.15, 0.2) is 0 Å². The number of rotatable bonds is 8. The average molecular weight is 373 g/mol. The Morgan fingerprint density at radius 1 is 1.28 bits per heavy atom. The van der Waals surface area contributed by atoms with Crippen molar-refractivity contribution in [3.05, 3.63) is 12.2 Å². The lowest BCUT2D eigenvalue weighted by atomic mass is 9.79. The molecule has 0 aliphatic carbocycles. The molecule has 1 aliphatic heterocycles. The Balaban J connectivity index is 2.54. The molecule has 7 heteroatoms. The van der Waals surface area contributed by atoms with Gasteiger partial charge in [-0.15, -0.1) is 0 Å². The minimum Gasteiger partial charge on any atom is -0.361 e.